The quantitative estimate of drug-likeness (QED) is 0.739. The number of nitrogens with zero attached hydrogens (tertiary/aromatic N) is 3. The number of para-hydroxylation sites is 1. The van der Waals surface area contributed by atoms with Crippen LogP contribution >= 0.6 is 0 Å². The second-order valence-corrected chi connectivity index (χ2v) is 7.11. The Kier molecular flexibility index (Phi) is 4.27. The summed E-state index contributed by atoms with van der Waals surface area (Å²) in [4.78, 5) is 23.8. The van der Waals surface area contributed by atoms with Crippen molar-refractivity contribution in [1.29, 1.82) is 0 Å². The Morgan fingerprint density at radius 1 is 1.10 bits per heavy atom. The summed E-state index contributed by atoms with van der Waals surface area (Å²) in [6.07, 6.45) is 2.54. The lowest BCUT2D eigenvalue weighted by Gasteiger charge is -2.22. The number of hydrogen-bond acceptors (Lipinski definition) is 6. The minimum absolute atomic E-state index is 0.225. The van der Waals surface area contributed by atoms with Crippen LogP contribution in [-0.4, -0.2) is 35.1 Å². The van der Waals surface area contributed by atoms with Gasteiger partial charge in [0, 0.05) is 29.7 Å². The molecule has 5 rings (SSSR count). The highest BCUT2D eigenvalue weighted by Crippen LogP contribution is 2.36. The maximum atomic E-state index is 12.8. The van der Waals surface area contributed by atoms with Crippen LogP contribution in [0.4, 0.5) is 17.3 Å². The number of rotatable bonds is 3. The first-order chi connectivity index (χ1) is 14.2. The molecule has 1 amide bonds. The van der Waals surface area contributed by atoms with Crippen LogP contribution in [0, 0.1) is 0 Å². The van der Waals surface area contributed by atoms with Crippen molar-refractivity contribution < 1.29 is 14.3 Å². The summed E-state index contributed by atoms with van der Waals surface area (Å²) in [5.41, 5.74) is 3.28. The molecule has 1 aromatic heterocycles. The van der Waals surface area contributed by atoms with Crippen LogP contribution in [0.25, 0.3) is 0 Å². The molecule has 146 valence electrons. The average Bonchev–Trinajstić information content (AvgIpc) is 3.09. The van der Waals surface area contributed by atoms with Crippen LogP contribution in [0.3, 0.4) is 0 Å². The summed E-state index contributed by atoms with van der Waals surface area (Å²) in [5, 5.41) is 2.87. The van der Waals surface area contributed by atoms with Gasteiger partial charge in [0.2, 0.25) is 5.95 Å². The lowest BCUT2D eigenvalue weighted by atomic mass is 10.1. The molecule has 1 atom stereocenters. The lowest BCUT2D eigenvalue weighted by molar-refractivity contribution is 0.102. The van der Waals surface area contributed by atoms with Crippen molar-refractivity contribution in [2.24, 2.45) is 0 Å². The molecule has 1 unspecified atom stereocenters. The van der Waals surface area contributed by atoms with Crippen LogP contribution in [0.5, 0.6) is 11.5 Å². The summed E-state index contributed by atoms with van der Waals surface area (Å²) >= 11 is 0. The second-order valence-electron chi connectivity index (χ2n) is 7.11. The Bertz CT molecular complexity index is 1090. The molecule has 29 heavy (non-hydrogen) atoms. The van der Waals surface area contributed by atoms with Crippen LogP contribution in [0.15, 0.2) is 54.7 Å². The maximum Gasteiger partial charge on any atom is 0.274 e. The zero-order chi connectivity index (χ0) is 19.8. The van der Waals surface area contributed by atoms with E-state index in [0.29, 0.717) is 42.0 Å². The number of amides is 1. The number of benzene rings is 2. The van der Waals surface area contributed by atoms with Gasteiger partial charge < -0.3 is 19.7 Å². The van der Waals surface area contributed by atoms with Gasteiger partial charge in [-0.05, 0) is 43.2 Å². The summed E-state index contributed by atoms with van der Waals surface area (Å²) in [5.74, 6) is 1.53. The fraction of sp³-hybridized carbons (Fsp3) is 0.227. The van der Waals surface area contributed by atoms with Gasteiger partial charge in [-0.1, -0.05) is 18.2 Å². The molecule has 3 aromatic rings. The molecule has 0 aliphatic carbocycles. The summed E-state index contributed by atoms with van der Waals surface area (Å²) in [6, 6.07) is 15.4. The third kappa shape index (κ3) is 3.24. The predicted molar refractivity (Wildman–Crippen MR) is 109 cm³/mol. The van der Waals surface area contributed by atoms with E-state index in [1.807, 2.05) is 12.1 Å². The maximum absolute atomic E-state index is 12.8. The normalized spacial score (nSPS) is 17.0. The highest BCUT2D eigenvalue weighted by molar-refractivity contribution is 6.03. The van der Waals surface area contributed by atoms with E-state index >= 15 is 0 Å². The van der Waals surface area contributed by atoms with Gasteiger partial charge in [-0.25, -0.2) is 9.97 Å². The lowest BCUT2D eigenvalue weighted by Crippen LogP contribution is -2.27. The monoisotopic (exact) mass is 388 g/mol. The smallest absolute Gasteiger partial charge is 0.274 e. The fourth-order valence-corrected chi connectivity index (χ4v) is 3.78. The highest BCUT2D eigenvalue weighted by atomic mass is 16.6. The highest BCUT2D eigenvalue weighted by Gasteiger charge is 2.29. The standard InChI is InChI=1S/C22H20N4O3/c1-14-12-15-4-2-3-5-18(15)26(14)22-23-9-8-17(25-22)21(27)24-16-6-7-19-20(13-16)29-11-10-28-19/h2-9,13-14H,10-12H2,1H3,(H,24,27). The van der Waals surface area contributed by atoms with Crippen molar-refractivity contribution >= 4 is 23.2 Å². The first kappa shape index (κ1) is 17.5. The van der Waals surface area contributed by atoms with E-state index in [-0.39, 0.29) is 11.9 Å². The van der Waals surface area contributed by atoms with E-state index in [2.05, 4.69) is 39.2 Å². The van der Waals surface area contributed by atoms with Gasteiger partial charge in [0.1, 0.15) is 18.9 Å². The molecule has 2 aliphatic heterocycles. The molecule has 2 aliphatic rings. The molecule has 0 saturated carbocycles. The average molecular weight is 388 g/mol. The molecule has 7 nitrogen and oxygen atoms in total. The van der Waals surface area contributed by atoms with E-state index in [4.69, 9.17) is 9.47 Å². The van der Waals surface area contributed by atoms with Crippen molar-refractivity contribution in [2.45, 2.75) is 19.4 Å². The molecule has 0 bridgehead atoms. The van der Waals surface area contributed by atoms with E-state index in [1.165, 1.54) is 5.56 Å². The minimum atomic E-state index is -0.300. The number of aromatic nitrogens is 2. The molecule has 2 aromatic carbocycles. The third-order valence-corrected chi connectivity index (χ3v) is 5.10. The molecule has 0 fully saturated rings. The summed E-state index contributed by atoms with van der Waals surface area (Å²) < 4.78 is 11.1. The molecular weight excluding hydrogens is 368 g/mol. The van der Waals surface area contributed by atoms with Gasteiger partial charge in [0.25, 0.3) is 5.91 Å². The Balaban J connectivity index is 1.39. The van der Waals surface area contributed by atoms with Crippen molar-refractivity contribution in [1.82, 2.24) is 9.97 Å². The van der Waals surface area contributed by atoms with Gasteiger partial charge in [0.05, 0.1) is 0 Å². The minimum Gasteiger partial charge on any atom is -0.486 e. The Labute approximate surface area is 168 Å². The number of ether oxygens (including phenoxy) is 2. The van der Waals surface area contributed by atoms with Gasteiger partial charge in [-0.2, -0.15) is 0 Å². The Hall–Kier alpha value is -3.61. The van der Waals surface area contributed by atoms with E-state index in [9.17, 15) is 4.79 Å². The molecule has 0 radical (unpaired) electrons. The molecular formula is C22H20N4O3. The van der Waals surface area contributed by atoms with Gasteiger partial charge in [0.15, 0.2) is 11.5 Å². The van der Waals surface area contributed by atoms with Crippen LogP contribution in [0.2, 0.25) is 0 Å². The Morgan fingerprint density at radius 3 is 2.83 bits per heavy atom. The van der Waals surface area contributed by atoms with Crippen LogP contribution < -0.4 is 19.7 Å². The van der Waals surface area contributed by atoms with Crippen molar-refractivity contribution in [3.63, 3.8) is 0 Å². The molecule has 1 N–H and O–H groups in total. The number of carbonyl (C=O) groups is 1. The van der Waals surface area contributed by atoms with Crippen LogP contribution in [0.1, 0.15) is 23.0 Å². The zero-order valence-electron chi connectivity index (χ0n) is 16.0. The SMILES string of the molecule is CC1Cc2ccccc2N1c1nccc(C(=O)Nc2ccc3c(c2)OCCO3)n1. The Morgan fingerprint density at radius 2 is 1.93 bits per heavy atom. The van der Waals surface area contributed by atoms with Crippen molar-refractivity contribution in [3.05, 3.63) is 66.0 Å². The number of fused-ring (bicyclic) bond motifs is 2. The largest absolute Gasteiger partial charge is 0.486 e. The zero-order valence-corrected chi connectivity index (χ0v) is 16.0. The summed E-state index contributed by atoms with van der Waals surface area (Å²) in [6.45, 7) is 3.15. The molecule has 0 spiro atoms. The topological polar surface area (TPSA) is 76.6 Å². The fourth-order valence-electron chi connectivity index (χ4n) is 3.78. The number of nitrogens with one attached hydrogen (secondary N) is 1. The summed E-state index contributed by atoms with van der Waals surface area (Å²) in [7, 11) is 0. The van der Waals surface area contributed by atoms with Gasteiger partial charge in [-0.15, -0.1) is 0 Å². The van der Waals surface area contributed by atoms with Crippen LogP contribution in [-0.2, 0) is 6.42 Å². The number of carbonyl (C=O) groups excluding carboxylic acids is 1. The van der Waals surface area contributed by atoms with Gasteiger partial charge >= 0.3 is 0 Å². The number of hydrogen-bond donors (Lipinski definition) is 1. The molecule has 0 saturated heterocycles. The van der Waals surface area contributed by atoms with Gasteiger partial charge in [-0.3, -0.25) is 4.79 Å². The first-order valence-electron chi connectivity index (χ1n) is 9.60. The first-order valence-corrected chi connectivity index (χ1v) is 9.60. The van der Waals surface area contributed by atoms with E-state index < -0.39 is 0 Å². The third-order valence-electron chi connectivity index (χ3n) is 5.10. The van der Waals surface area contributed by atoms with E-state index in [1.54, 1.807) is 30.5 Å². The van der Waals surface area contributed by atoms with Crippen molar-refractivity contribution in [3.8, 4) is 11.5 Å². The second kappa shape index (κ2) is 7.09. The molecule has 3 heterocycles. The molecule has 7 heteroatoms. The van der Waals surface area contributed by atoms with Crippen molar-refractivity contribution in [2.75, 3.05) is 23.4 Å². The predicted octanol–water partition coefficient (Wildman–Crippen LogP) is 3.58. The number of anilines is 3. The van der Waals surface area contributed by atoms with E-state index in [0.717, 1.165) is 12.1 Å².